The standard InChI is InChI=1S/C14H20FN3O/c1-4-5-10(8-19-3)18-13-6-9(2)11(15)7-12(13)17-14(18)16/h6-7,10H,4-5,8H2,1-3H3,(H2,16,17). The second-order valence-electron chi connectivity index (χ2n) is 4.83. The van der Waals surface area contributed by atoms with Crippen molar-refractivity contribution in [3.63, 3.8) is 0 Å². The minimum absolute atomic E-state index is 0.130. The number of hydrogen-bond acceptors (Lipinski definition) is 3. The van der Waals surface area contributed by atoms with Crippen LogP contribution in [0.3, 0.4) is 0 Å². The molecule has 1 aromatic heterocycles. The predicted molar refractivity (Wildman–Crippen MR) is 74.7 cm³/mol. The van der Waals surface area contributed by atoms with Gasteiger partial charge in [0.15, 0.2) is 0 Å². The van der Waals surface area contributed by atoms with E-state index in [1.807, 2.05) is 4.57 Å². The van der Waals surface area contributed by atoms with E-state index in [9.17, 15) is 4.39 Å². The van der Waals surface area contributed by atoms with Crippen LogP contribution in [0.25, 0.3) is 11.0 Å². The highest BCUT2D eigenvalue weighted by Crippen LogP contribution is 2.27. The lowest BCUT2D eigenvalue weighted by Crippen LogP contribution is -2.16. The third kappa shape index (κ3) is 2.56. The van der Waals surface area contributed by atoms with E-state index in [4.69, 9.17) is 10.5 Å². The van der Waals surface area contributed by atoms with Gasteiger partial charge in [0.25, 0.3) is 0 Å². The average Bonchev–Trinajstić information content (AvgIpc) is 2.65. The molecule has 0 spiro atoms. The quantitative estimate of drug-likeness (QED) is 0.904. The van der Waals surface area contributed by atoms with Crippen LogP contribution in [0, 0.1) is 12.7 Å². The monoisotopic (exact) mass is 265 g/mol. The molecule has 4 nitrogen and oxygen atoms in total. The van der Waals surface area contributed by atoms with Crippen LogP contribution in [0.15, 0.2) is 12.1 Å². The van der Waals surface area contributed by atoms with Crippen molar-refractivity contribution in [2.75, 3.05) is 19.5 Å². The third-order valence-electron chi connectivity index (χ3n) is 3.34. The minimum Gasteiger partial charge on any atom is -0.383 e. The van der Waals surface area contributed by atoms with E-state index in [0.717, 1.165) is 18.4 Å². The third-order valence-corrected chi connectivity index (χ3v) is 3.34. The second kappa shape index (κ2) is 5.57. The van der Waals surface area contributed by atoms with Gasteiger partial charge in [-0.25, -0.2) is 9.37 Å². The highest BCUT2D eigenvalue weighted by Gasteiger charge is 2.18. The van der Waals surface area contributed by atoms with Gasteiger partial charge in [-0.3, -0.25) is 0 Å². The van der Waals surface area contributed by atoms with Crippen LogP contribution in [0.5, 0.6) is 0 Å². The molecule has 0 amide bonds. The van der Waals surface area contributed by atoms with E-state index in [1.54, 1.807) is 20.1 Å². The smallest absolute Gasteiger partial charge is 0.201 e. The first kappa shape index (κ1) is 13.8. The summed E-state index contributed by atoms with van der Waals surface area (Å²) in [5.41, 5.74) is 8.05. The first-order chi connectivity index (χ1) is 9.08. The molecular weight excluding hydrogens is 245 g/mol. The molecule has 0 aliphatic carbocycles. The zero-order chi connectivity index (χ0) is 14.0. The summed E-state index contributed by atoms with van der Waals surface area (Å²) >= 11 is 0. The number of nitrogen functional groups attached to an aromatic ring is 1. The predicted octanol–water partition coefficient (Wildman–Crippen LogP) is 3.05. The van der Waals surface area contributed by atoms with Crippen molar-refractivity contribution >= 4 is 17.0 Å². The van der Waals surface area contributed by atoms with E-state index in [-0.39, 0.29) is 11.9 Å². The SMILES string of the molecule is CCCC(COC)n1c(N)nc2cc(F)c(C)cc21. The summed E-state index contributed by atoms with van der Waals surface area (Å²) in [5, 5.41) is 0. The number of halogens is 1. The molecule has 1 unspecified atom stereocenters. The number of rotatable bonds is 5. The molecule has 1 aromatic carbocycles. The number of methoxy groups -OCH3 is 1. The molecule has 0 radical (unpaired) electrons. The molecule has 0 saturated carbocycles. The lowest BCUT2D eigenvalue weighted by molar-refractivity contribution is 0.153. The number of fused-ring (bicyclic) bond motifs is 1. The maximum absolute atomic E-state index is 13.6. The molecule has 2 N–H and O–H groups in total. The van der Waals surface area contributed by atoms with Crippen LogP contribution in [-0.4, -0.2) is 23.3 Å². The highest BCUT2D eigenvalue weighted by atomic mass is 19.1. The molecule has 2 rings (SSSR count). The molecule has 19 heavy (non-hydrogen) atoms. The van der Waals surface area contributed by atoms with Gasteiger partial charge in [-0.05, 0) is 25.0 Å². The Morgan fingerprint density at radius 3 is 2.84 bits per heavy atom. The molecule has 104 valence electrons. The Bertz CT molecular complexity index is 574. The number of hydrogen-bond donors (Lipinski definition) is 1. The maximum Gasteiger partial charge on any atom is 0.201 e. The van der Waals surface area contributed by atoms with Gasteiger partial charge in [0.05, 0.1) is 23.7 Å². The largest absolute Gasteiger partial charge is 0.383 e. The number of nitrogens with zero attached hydrogens (tertiary/aromatic N) is 2. The van der Waals surface area contributed by atoms with Crippen molar-refractivity contribution in [3.05, 3.63) is 23.5 Å². The zero-order valence-electron chi connectivity index (χ0n) is 11.6. The minimum atomic E-state index is -0.254. The van der Waals surface area contributed by atoms with Crippen molar-refractivity contribution in [1.29, 1.82) is 0 Å². The van der Waals surface area contributed by atoms with Crippen molar-refractivity contribution in [3.8, 4) is 0 Å². The van der Waals surface area contributed by atoms with Gasteiger partial charge in [0, 0.05) is 13.2 Å². The zero-order valence-corrected chi connectivity index (χ0v) is 11.6. The first-order valence-corrected chi connectivity index (χ1v) is 6.51. The molecule has 5 heteroatoms. The van der Waals surface area contributed by atoms with Gasteiger partial charge >= 0.3 is 0 Å². The molecular formula is C14H20FN3O. The van der Waals surface area contributed by atoms with E-state index in [0.29, 0.717) is 23.6 Å². The lowest BCUT2D eigenvalue weighted by Gasteiger charge is -2.19. The summed E-state index contributed by atoms with van der Waals surface area (Å²) in [6.07, 6.45) is 1.97. The Kier molecular flexibility index (Phi) is 4.04. The topological polar surface area (TPSA) is 53.1 Å². The number of anilines is 1. The van der Waals surface area contributed by atoms with Crippen LogP contribution in [0.4, 0.5) is 10.3 Å². The number of aryl methyl sites for hydroxylation is 1. The van der Waals surface area contributed by atoms with Crippen LogP contribution < -0.4 is 5.73 Å². The Hall–Kier alpha value is -1.62. The summed E-state index contributed by atoms with van der Waals surface area (Å²) in [6.45, 7) is 4.43. The highest BCUT2D eigenvalue weighted by molar-refractivity contribution is 5.79. The normalized spacial score (nSPS) is 13.1. The molecule has 1 atom stereocenters. The number of imidazole rings is 1. The van der Waals surface area contributed by atoms with Crippen molar-refractivity contribution < 1.29 is 9.13 Å². The van der Waals surface area contributed by atoms with Crippen LogP contribution in [0.1, 0.15) is 31.4 Å². The molecule has 0 aliphatic heterocycles. The molecule has 2 aromatic rings. The van der Waals surface area contributed by atoms with Crippen LogP contribution in [0.2, 0.25) is 0 Å². The summed E-state index contributed by atoms with van der Waals surface area (Å²) in [5.74, 6) is 0.159. The molecule has 0 saturated heterocycles. The van der Waals surface area contributed by atoms with E-state index in [1.165, 1.54) is 6.07 Å². The van der Waals surface area contributed by atoms with Crippen LogP contribution in [-0.2, 0) is 4.74 Å². The van der Waals surface area contributed by atoms with Gasteiger partial charge in [-0.1, -0.05) is 13.3 Å². The van der Waals surface area contributed by atoms with Crippen molar-refractivity contribution in [2.45, 2.75) is 32.7 Å². The van der Waals surface area contributed by atoms with E-state index >= 15 is 0 Å². The summed E-state index contributed by atoms with van der Waals surface area (Å²) < 4.78 is 20.8. The van der Waals surface area contributed by atoms with Crippen LogP contribution >= 0.6 is 0 Å². The number of aromatic nitrogens is 2. The summed E-state index contributed by atoms with van der Waals surface area (Å²) in [7, 11) is 1.67. The molecule has 1 heterocycles. The van der Waals surface area contributed by atoms with E-state index in [2.05, 4.69) is 11.9 Å². The van der Waals surface area contributed by atoms with Crippen molar-refractivity contribution in [1.82, 2.24) is 9.55 Å². The second-order valence-corrected chi connectivity index (χ2v) is 4.83. The number of benzene rings is 1. The Morgan fingerprint density at radius 1 is 1.47 bits per heavy atom. The number of ether oxygens (including phenoxy) is 1. The fourth-order valence-electron chi connectivity index (χ4n) is 2.44. The van der Waals surface area contributed by atoms with Gasteiger partial charge in [0.1, 0.15) is 5.82 Å². The lowest BCUT2D eigenvalue weighted by atomic mass is 10.1. The van der Waals surface area contributed by atoms with Gasteiger partial charge < -0.3 is 15.0 Å². The molecule has 0 aliphatic rings. The first-order valence-electron chi connectivity index (χ1n) is 6.51. The molecule has 0 fully saturated rings. The van der Waals surface area contributed by atoms with E-state index < -0.39 is 0 Å². The maximum atomic E-state index is 13.6. The average molecular weight is 265 g/mol. The summed E-state index contributed by atoms with van der Waals surface area (Å²) in [6, 6.07) is 3.37. The van der Waals surface area contributed by atoms with Gasteiger partial charge in [0.2, 0.25) is 5.95 Å². The summed E-state index contributed by atoms with van der Waals surface area (Å²) in [4.78, 5) is 4.25. The Balaban J connectivity index is 2.57. The van der Waals surface area contributed by atoms with Crippen molar-refractivity contribution in [2.24, 2.45) is 0 Å². The number of nitrogens with two attached hydrogens (primary N) is 1. The fraction of sp³-hybridized carbons (Fsp3) is 0.500. The Labute approximate surface area is 112 Å². The molecule has 0 bridgehead atoms. The van der Waals surface area contributed by atoms with Gasteiger partial charge in [-0.2, -0.15) is 0 Å². The fourth-order valence-corrected chi connectivity index (χ4v) is 2.44. The Morgan fingerprint density at radius 2 is 2.21 bits per heavy atom. The van der Waals surface area contributed by atoms with Gasteiger partial charge in [-0.15, -0.1) is 0 Å².